The normalized spacial score (nSPS) is 12.0. The van der Waals surface area contributed by atoms with Crippen LogP contribution in [0.25, 0.3) is 0 Å². The maximum atomic E-state index is 13.4. The molecule has 1 unspecified atom stereocenters. The van der Waals surface area contributed by atoms with Crippen molar-refractivity contribution in [2.45, 2.75) is 19.4 Å². The topological polar surface area (TPSA) is 21.3 Å². The fourth-order valence-electron chi connectivity index (χ4n) is 2.04. The molecule has 0 saturated carbocycles. The Hall–Kier alpha value is -1.74. The van der Waals surface area contributed by atoms with Gasteiger partial charge >= 0.3 is 0 Å². The van der Waals surface area contributed by atoms with Gasteiger partial charge in [-0.25, -0.2) is 4.39 Å². The van der Waals surface area contributed by atoms with Crippen molar-refractivity contribution < 1.29 is 9.13 Å². The number of halogens is 2. The molecule has 0 spiro atoms. The predicted octanol–water partition coefficient (Wildman–Crippen LogP) is 5.05. The van der Waals surface area contributed by atoms with Gasteiger partial charge in [-0.1, -0.05) is 30.7 Å². The van der Waals surface area contributed by atoms with E-state index in [0.29, 0.717) is 0 Å². The van der Waals surface area contributed by atoms with E-state index >= 15 is 0 Å². The van der Waals surface area contributed by atoms with Crippen molar-refractivity contribution in [1.82, 2.24) is 0 Å². The number of anilines is 1. The first kappa shape index (κ1) is 14.7. The van der Waals surface area contributed by atoms with E-state index in [1.165, 1.54) is 6.07 Å². The van der Waals surface area contributed by atoms with Crippen LogP contribution < -0.4 is 10.1 Å². The third kappa shape index (κ3) is 3.42. The van der Waals surface area contributed by atoms with Crippen molar-refractivity contribution >= 4 is 17.3 Å². The summed E-state index contributed by atoms with van der Waals surface area (Å²) in [6.45, 7) is 2.08. The van der Waals surface area contributed by atoms with E-state index in [-0.39, 0.29) is 11.1 Å². The highest BCUT2D eigenvalue weighted by molar-refractivity contribution is 6.30. The molecule has 0 aliphatic rings. The Morgan fingerprint density at radius 1 is 1.20 bits per heavy atom. The lowest BCUT2D eigenvalue weighted by Gasteiger charge is -2.19. The smallest absolute Gasteiger partial charge is 0.143 e. The fourth-order valence-corrected chi connectivity index (χ4v) is 2.16. The van der Waals surface area contributed by atoms with Gasteiger partial charge in [0, 0.05) is 5.69 Å². The lowest BCUT2D eigenvalue weighted by atomic mass is 10.0. The van der Waals surface area contributed by atoms with Crippen molar-refractivity contribution in [3.63, 3.8) is 0 Å². The number of methoxy groups -OCH3 is 1. The van der Waals surface area contributed by atoms with E-state index in [1.807, 2.05) is 24.3 Å². The fraction of sp³-hybridized carbons (Fsp3) is 0.250. The van der Waals surface area contributed by atoms with E-state index in [9.17, 15) is 4.39 Å². The number of hydrogen-bond acceptors (Lipinski definition) is 2. The van der Waals surface area contributed by atoms with Crippen LogP contribution in [0.5, 0.6) is 5.75 Å². The number of hydrogen-bond donors (Lipinski definition) is 1. The molecule has 0 bridgehead atoms. The first-order valence-corrected chi connectivity index (χ1v) is 6.87. The second kappa shape index (κ2) is 6.62. The van der Waals surface area contributed by atoms with Crippen molar-refractivity contribution in [1.29, 1.82) is 0 Å². The average molecular weight is 294 g/mol. The molecule has 2 rings (SSSR count). The molecular formula is C16H17ClFNO. The summed E-state index contributed by atoms with van der Waals surface area (Å²) in [5.41, 5.74) is 1.85. The molecule has 1 N–H and O–H groups in total. The Balaban J connectivity index is 2.16. The molecule has 0 aliphatic heterocycles. The van der Waals surface area contributed by atoms with Gasteiger partial charge in [0.1, 0.15) is 11.6 Å². The molecule has 2 aromatic carbocycles. The molecule has 20 heavy (non-hydrogen) atoms. The van der Waals surface area contributed by atoms with Crippen LogP contribution in [-0.2, 0) is 0 Å². The molecule has 4 heteroatoms. The first-order chi connectivity index (χ1) is 9.63. The molecule has 0 fully saturated rings. The molecule has 0 heterocycles. The largest absolute Gasteiger partial charge is 0.497 e. The maximum Gasteiger partial charge on any atom is 0.143 e. The summed E-state index contributed by atoms with van der Waals surface area (Å²) in [4.78, 5) is 0. The molecule has 2 aromatic rings. The van der Waals surface area contributed by atoms with E-state index < -0.39 is 5.82 Å². The third-order valence-electron chi connectivity index (χ3n) is 3.19. The molecule has 2 nitrogen and oxygen atoms in total. The van der Waals surface area contributed by atoms with Crippen molar-refractivity contribution in [3.8, 4) is 5.75 Å². The molecule has 0 amide bonds. The summed E-state index contributed by atoms with van der Waals surface area (Å²) in [6, 6.07) is 12.7. The van der Waals surface area contributed by atoms with Gasteiger partial charge in [-0.2, -0.15) is 0 Å². The minimum absolute atomic E-state index is 0.112. The zero-order chi connectivity index (χ0) is 14.5. The van der Waals surface area contributed by atoms with Crippen molar-refractivity contribution in [2.75, 3.05) is 12.4 Å². The Kier molecular flexibility index (Phi) is 4.85. The molecule has 1 atom stereocenters. The second-order valence-electron chi connectivity index (χ2n) is 4.51. The SMILES string of the molecule is CCC(Nc1ccc(Cl)c(F)c1)c1ccc(OC)cc1. The van der Waals surface area contributed by atoms with Gasteiger partial charge in [0.2, 0.25) is 0 Å². The maximum absolute atomic E-state index is 13.4. The number of ether oxygens (including phenoxy) is 1. The van der Waals surface area contributed by atoms with Crippen LogP contribution in [0.1, 0.15) is 24.9 Å². The van der Waals surface area contributed by atoms with Gasteiger partial charge in [0.05, 0.1) is 18.2 Å². The van der Waals surface area contributed by atoms with E-state index in [0.717, 1.165) is 23.4 Å². The lowest BCUT2D eigenvalue weighted by Crippen LogP contribution is -2.09. The standard InChI is InChI=1S/C16H17ClFNO/c1-3-16(11-4-7-13(20-2)8-5-11)19-12-6-9-14(17)15(18)10-12/h4-10,16,19H,3H2,1-2H3. The van der Waals surface area contributed by atoms with E-state index in [2.05, 4.69) is 12.2 Å². The summed E-state index contributed by atoms with van der Waals surface area (Å²) in [7, 11) is 1.64. The van der Waals surface area contributed by atoms with Crippen molar-refractivity contribution in [2.24, 2.45) is 0 Å². The zero-order valence-corrected chi connectivity index (χ0v) is 12.2. The molecule has 106 valence electrons. The lowest BCUT2D eigenvalue weighted by molar-refractivity contribution is 0.414. The minimum atomic E-state index is -0.416. The Bertz CT molecular complexity index is 571. The van der Waals surface area contributed by atoms with Gasteiger partial charge in [-0.15, -0.1) is 0 Å². The third-order valence-corrected chi connectivity index (χ3v) is 3.49. The molecule has 0 aromatic heterocycles. The van der Waals surface area contributed by atoms with E-state index in [4.69, 9.17) is 16.3 Å². The minimum Gasteiger partial charge on any atom is -0.497 e. The summed E-state index contributed by atoms with van der Waals surface area (Å²) in [6.07, 6.45) is 0.885. The number of benzene rings is 2. The Labute approximate surface area is 123 Å². The molecular weight excluding hydrogens is 277 g/mol. The highest BCUT2D eigenvalue weighted by atomic mass is 35.5. The van der Waals surface area contributed by atoms with Crippen LogP contribution in [0.3, 0.4) is 0 Å². The number of rotatable bonds is 5. The van der Waals surface area contributed by atoms with Crippen LogP contribution in [0, 0.1) is 5.82 Å². The van der Waals surface area contributed by atoms with Crippen LogP contribution in [0.15, 0.2) is 42.5 Å². The van der Waals surface area contributed by atoms with Crippen LogP contribution in [-0.4, -0.2) is 7.11 Å². The van der Waals surface area contributed by atoms with Crippen molar-refractivity contribution in [3.05, 3.63) is 58.9 Å². The van der Waals surface area contributed by atoms with Gasteiger partial charge in [-0.05, 0) is 42.3 Å². The van der Waals surface area contributed by atoms with Gasteiger partial charge in [0.25, 0.3) is 0 Å². The summed E-state index contributed by atoms with van der Waals surface area (Å²) >= 11 is 5.68. The predicted molar refractivity (Wildman–Crippen MR) is 81.1 cm³/mol. The molecule has 0 radical (unpaired) electrons. The second-order valence-corrected chi connectivity index (χ2v) is 4.91. The summed E-state index contributed by atoms with van der Waals surface area (Å²) in [5.74, 6) is 0.405. The Morgan fingerprint density at radius 3 is 2.45 bits per heavy atom. The quantitative estimate of drug-likeness (QED) is 0.833. The van der Waals surface area contributed by atoms with Gasteiger partial charge in [0.15, 0.2) is 0 Å². The van der Waals surface area contributed by atoms with Gasteiger partial charge in [-0.3, -0.25) is 0 Å². The highest BCUT2D eigenvalue weighted by Gasteiger charge is 2.10. The monoisotopic (exact) mass is 293 g/mol. The van der Waals surface area contributed by atoms with Crippen LogP contribution in [0.2, 0.25) is 5.02 Å². The molecule has 0 aliphatic carbocycles. The highest BCUT2D eigenvalue weighted by Crippen LogP contribution is 2.26. The van der Waals surface area contributed by atoms with E-state index in [1.54, 1.807) is 19.2 Å². The van der Waals surface area contributed by atoms with Crippen LogP contribution in [0.4, 0.5) is 10.1 Å². The first-order valence-electron chi connectivity index (χ1n) is 6.49. The van der Waals surface area contributed by atoms with Gasteiger partial charge < -0.3 is 10.1 Å². The van der Waals surface area contributed by atoms with Crippen LogP contribution >= 0.6 is 11.6 Å². The number of nitrogens with one attached hydrogen (secondary N) is 1. The molecule has 0 saturated heterocycles. The Morgan fingerprint density at radius 2 is 1.90 bits per heavy atom. The zero-order valence-electron chi connectivity index (χ0n) is 11.5. The average Bonchev–Trinajstić information content (AvgIpc) is 2.48. The summed E-state index contributed by atoms with van der Waals surface area (Å²) < 4.78 is 18.6. The summed E-state index contributed by atoms with van der Waals surface area (Å²) in [5, 5.41) is 3.44.